The van der Waals surface area contributed by atoms with Crippen LogP contribution in [0.1, 0.15) is 11.3 Å². The standard InChI is InChI=1S/C18H17N3O/c1-12-7-4-5-9-14(12)16-11-17(22-3)21-18(20-16)15-10-6-8-13(2)19-15/h4-11H,1-3H3. The summed E-state index contributed by atoms with van der Waals surface area (Å²) < 4.78 is 5.33. The van der Waals surface area contributed by atoms with Gasteiger partial charge in [0.1, 0.15) is 5.69 Å². The summed E-state index contributed by atoms with van der Waals surface area (Å²) in [5.41, 5.74) is 4.74. The molecule has 0 amide bonds. The first-order chi connectivity index (χ1) is 10.7. The Kier molecular flexibility index (Phi) is 3.83. The van der Waals surface area contributed by atoms with Crippen LogP contribution >= 0.6 is 0 Å². The fraction of sp³-hybridized carbons (Fsp3) is 0.167. The molecule has 110 valence electrons. The van der Waals surface area contributed by atoms with Crippen LogP contribution in [0.15, 0.2) is 48.5 Å². The van der Waals surface area contributed by atoms with E-state index in [0.717, 1.165) is 28.2 Å². The number of methoxy groups -OCH3 is 1. The molecule has 0 radical (unpaired) electrons. The van der Waals surface area contributed by atoms with E-state index in [-0.39, 0.29) is 0 Å². The van der Waals surface area contributed by atoms with E-state index in [9.17, 15) is 0 Å². The molecule has 2 aromatic heterocycles. The molecule has 0 aliphatic rings. The summed E-state index contributed by atoms with van der Waals surface area (Å²) in [6.07, 6.45) is 0. The Morgan fingerprint density at radius 1 is 0.818 bits per heavy atom. The predicted molar refractivity (Wildman–Crippen MR) is 86.7 cm³/mol. The van der Waals surface area contributed by atoms with Crippen molar-refractivity contribution in [2.75, 3.05) is 7.11 Å². The summed E-state index contributed by atoms with van der Waals surface area (Å²) >= 11 is 0. The quantitative estimate of drug-likeness (QED) is 0.736. The molecule has 0 aliphatic heterocycles. The first-order valence-corrected chi connectivity index (χ1v) is 7.10. The number of pyridine rings is 1. The highest BCUT2D eigenvalue weighted by Crippen LogP contribution is 2.26. The molecule has 0 saturated carbocycles. The molecule has 0 spiro atoms. The first kappa shape index (κ1) is 14.2. The molecule has 0 atom stereocenters. The molecule has 0 aliphatic carbocycles. The van der Waals surface area contributed by atoms with Crippen LogP contribution in [0.5, 0.6) is 5.88 Å². The highest BCUT2D eigenvalue weighted by Gasteiger charge is 2.11. The van der Waals surface area contributed by atoms with Crippen LogP contribution in [-0.4, -0.2) is 22.1 Å². The maximum Gasteiger partial charge on any atom is 0.217 e. The van der Waals surface area contributed by atoms with Crippen LogP contribution < -0.4 is 4.74 Å². The second kappa shape index (κ2) is 5.93. The van der Waals surface area contributed by atoms with Crippen molar-refractivity contribution in [2.45, 2.75) is 13.8 Å². The fourth-order valence-corrected chi connectivity index (χ4v) is 2.31. The van der Waals surface area contributed by atoms with Gasteiger partial charge in [-0.1, -0.05) is 30.3 Å². The van der Waals surface area contributed by atoms with Crippen molar-refractivity contribution in [3.8, 4) is 28.7 Å². The van der Waals surface area contributed by atoms with Gasteiger partial charge < -0.3 is 4.74 Å². The molecule has 3 aromatic rings. The number of aromatic nitrogens is 3. The highest BCUT2D eigenvalue weighted by atomic mass is 16.5. The SMILES string of the molecule is COc1cc(-c2ccccc2C)nc(-c2cccc(C)n2)n1. The Labute approximate surface area is 129 Å². The van der Waals surface area contributed by atoms with E-state index in [1.807, 2.05) is 49.4 Å². The molecule has 0 bridgehead atoms. The molecule has 2 heterocycles. The maximum atomic E-state index is 5.33. The molecule has 0 unspecified atom stereocenters. The normalized spacial score (nSPS) is 10.5. The van der Waals surface area contributed by atoms with Crippen molar-refractivity contribution in [1.29, 1.82) is 0 Å². The van der Waals surface area contributed by atoms with Crippen molar-refractivity contribution in [3.05, 3.63) is 59.8 Å². The number of hydrogen-bond acceptors (Lipinski definition) is 4. The average Bonchev–Trinajstić information content (AvgIpc) is 2.55. The van der Waals surface area contributed by atoms with Gasteiger partial charge in [0.25, 0.3) is 0 Å². The third-order valence-corrected chi connectivity index (χ3v) is 3.45. The van der Waals surface area contributed by atoms with Crippen LogP contribution in [0.2, 0.25) is 0 Å². The van der Waals surface area contributed by atoms with Crippen molar-refractivity contribution in [1.82, 2.24) is 15.0 Å². The molecule has 22 heavy (non-hydrogen) atoms. The van der Waals surface area contributed by atoms with Gasteiger partial charge in [-0.2, -0.15) is 4.98 Å². The Morgan fingerprint density at radius 3 is 2.36 bits per heavy atom. The predicted octanol–water partition coefficient (Wildman–Crippen LogP) is 3.83. The minimum Gasteiger partial charge on any atom is -0.481 e. The monoisotopic (exact) mass is 291 g/mol. The maximum absolute atomic E-state index is 5.33. The van der Waals surface area contributed by atoms with Gasteiger partial charge in [-0.15, -0.1) is 0 Å². The van der Waals surface area contributed by atoms with Gasteiger partial charge >= 0.3 is 0 Å². The van der Waals surface area contributed by atoms with Crippen molar-refractivity contribution >= 4 is 0 Å². The van der Waals surface area contributed by atoms with Crippen LogP contribution in [0.25, 0.3) is 22.8 Å². The summed E-state index contributed by atoms with van der Waals surface area (Å²) in [6.45, 7) is 4.01. The second-order valence-corrected chi connectivity index (χ2v) is 5.10. The third kappa shape index (κ3) is 2.81. The molecule has 3 rings (SSSR count). The van der Waals surface area contributed by atoms with E-state index in [4.69, 9.17) is 4.74 Å². The van der Waals surface area contributed by atoms with Gasteiger partial charge in [-0.3, -0.25) is 0 Å². The number of hydrogen-bond donors (Lipinski definition) is 0. The van der Waals surface area contributed by atoms with Gasteiger partial charge in [0.2, 0.25) is 5.88 Å². The van der Waals surface area contributed by atoms with Gasteiger partial charge in [0, 0.05) is 17.3 Å². The van der Waals surface area contributed by atoms with Crippen LogP contribution in [0, 0.1) is 13.8 Å². The summed E-state index contributed by atoms with van der Waals surface area (Å²) in [5.74, 6) is 1.10. The first-order valence-electron chi connectivity index (χ1n) is 7.10. The minimum atomic E-state index is 0.534. The largest absolute Gasteiger partial charge is 0.481 e. The van der Waals surface area contributed by atoms with Crippen LogP contribution in [-0.2, 0) is 0 Å². The summed E-state index contributed by atoms with van der Waals surface area (Å²) in [4.78, 5) is 13.6. The zero-order chi connectivity index (χ0) is 15.5. The van der Waals surface area contributed by atoms with Gasteiger partial charge in [-0.05, 0) is 31.5 Å². The summed E-state index contributed by atoms with van der Waals surface area (Å²) in [6, 6.07) is 15.8. The van der Waals surface area contributed by atoms with Crippen molar-refractivity contribution < 1.29 is 4.74 Å². The Hall–Kier alpha value is -2.75. The molecule has 1 aromatic carbocycles. The number of nitrogens with zero attached hydrogens (tertiary/aromatic N) is 3. The molecular formula is C18H17N3O. The molecule has 4 nitrogen and oxygen atoms in total. The lowest BCUT2D eigenvalue weighted by Crippen LogP contribution is -1.99. The van der Waals surface area contributed by atoms with E-state index in [1.54, 1.807) is 7.11 Å². The molecule has 0 N–H and O–H groups in total. The lowest BCUT2D eigenvalue weighted by Gasteiger charge is -2.09. The molecule has 0 fully saturated rings. The summed E-state index contributed by atoms with van der Waals surface area (Å²) in [7, 11) is 1.61. The Bertz CT molecular complexity index is 815. The topological polar surface area (TPSA) is 47.9 Å². The van der Waals surface area contributed by atoms with Crippen LogP contribution in [0.3, 0.4) is 0 Å². The average molecular weight is 291 g/mol. The van der Waals surface area contributed by atoms with E-state index >= 15 is 0 Å². The van der Waals surface area contributed by atoms with E-state index < -0.39 is 0 Å². The van der Waals surface area contributed by atoms with Gasteiger partial charge in [0.15, 0.2) is 5.82 Å². The smallest absolute Gasteiger partial charge is 0.217 e. The number of ether oxygens (including phenoxy) is 1. The lowest BCUT2D eigenvalue weighted by atomic mass is 10.1. The van der Waals surface area contributed by atoms with Crippen LogP contribution in [0.4, 0.5) is 0 Å². The third-order valence-electron chi connectivity index (χ3n) is 3.45. The van der Waals surface area contributed by atoms with Crippen molar-refractivity contribution in [2.24, 2.45) is 0 Å². The Morgan fingerprint density at radius 2 is 1.64 bits per heavy atom. The zero-order valence-electron chi connectivity index (χ0n) is 12.9. The van der Waals surface area contributed by atoms with E-state index in [1.165, 1.54) is 0 Å². The van der Waals surface area contributed by atoms with Crippen molar-refractivity contribution in [3.63, 3.8) is 0 Å². The minimum absolute atomic E-state index is 0.534. The summed E-state index contributed by atoms with van der Waals surface area (Å²) in [5, 5.41) is 0. The van der Waals surface area contributed by atoms with E-state index in [0.29, 0.717) is 11.7 Å². The van der Waals surface area contributed by atoms with Gasteiger partial charge in [0.05, 0.1) is 12.8 Å². The fourth-order valence-electron chi connectivity index (χ4n) is 2.31. The second-order valence-electron chi connectivity index (χ2n) is 5.10. The molecule has 0 saturated heterocycles. The van der Waals surface area contributed by atoms with Gasteiger partial charge in [-0.25, -0.2) is 9.97 Å². The number of benzene rings is 1. The number of rotatable bonds is 3. The zero-order valence-corrected chi connectivity index (χ0v) is 12.9. The Balaban J connectivity index is 2.17. The molecular weight excluding hydrogens is 274 g/mol. The number of aryl methyl sites for hydroxylation is 2. The molecule has 4 heteroatoms. The lowest BCUT2D eigenvalue weighted by molar-refractivity contribution is 0.397. The highest BCUT2D eigenvalue weighted by molar-refractivity contribution is 5.66. The van der Waals surface area contributed by atoms with E-state index in [2.05, 4.69) is 27.9 Å².